The van der Waals surface area contributed by atoms with Gasteiger partial charge in [-0.15, -0.1) is 0 Å². The SMILES string of the molecule is CCNC(=NCC1(c2ccc(F)cc2)CCC1)NCC(C)N1CCOCC1. The number of ether oxygens (including phenoxy) is 1. The first-order chi connectivity index (χ1) is 13.1. The molecule has 3 rings (SSSR count). The molecule has 27 heavy (non-hydrogen) atoms. The van der Waals surface area contributed by atoms with Gasteiger partial charge in [-0.1, -0.05) is 18.6 Å². The van der Waals surface area contributed by atoms with Crippen LogP contribution in [0.25, 0.3) is 0 Å². The van der Waals surface area contributed by atoms with Crippen molar-refractivity contribution in [1.29, 1.82) is 0 Å². The fraction of sp³-hybridized carbons (Fsp3) is 0.667. The maximum Gasteiger partial charge on any atom is 0.191 e. The van der Waals surface area contributed by atoms with Gasteiger partial charge >= 0.3 is 0 Å². The highest BCUT2D eigenvalue weighted by Crippen LogP contribution is 2.44. The zero-order valence-electron chi connectivity index (χ0n) is 16.6. The molecule has 2 N–H and O–H groups in total. The third-order valence-electron chi connectivity index (χ3n) is 5.89. The smallest absolute Gasteiger partial charge is 0.191 e. The van der Waals surface area contributed by atoms with Crippen LogP contribution in [0, 0.1) is 5.82 Å². The second-order valence-corrected chi connectivity index (χ2v) is 7.71. The van der Waals surface area contributed by atoms with Gasteiger partial charge in [0.15, 0.2) is 5.96 Å². The highest BCUT2D eigenvalue weighted by Gasteiger charge is 2.38. The van der Waals surface area contributed by atoms with E-state index in [1.54, 1.807) is 12.1 Å². The number of halogens is 1. The van der Waals surface area contributed by atoms with Crippen molar-refractivity contribution in [3.05, 3.63) is 35.6 Å². The number of benzene rings is 1. The number of rotatable bonds is 7. The molecule has 0 amide bonds. The maximum atomic E-state index is 13.3. The van der Waals surface area contributed by atoms with Crippen LogP contribution in [0.3, 0.4) is 0 Å². The summed E-state index contributed by atoms with van der Waals surface area (Å²) in [6.45, 7) is 10.4. The Morgan fingerprint density at radius 2 is 1.93 bits per heavy atom. The van der Waals surface area contributed by atoms with Crippen molar-refractivity contribution in [3.8, 4) is 0 Å². The normalized spacial score (nSPS) is 21.4. The third-order valence-corrected chi connectivity index (χ3v) is 5.89. The zero-order valence-corrected chi connectivity index (χ0v) is 16.6. The van der Waals surface area contributed by atoms with Crippen molar-refractivity contribution in [2.75, 3.05) is 45.9 Å². The average molecular weight is 377 g/mol. The molecule has 1 aromatic rings. The standard InChI is InChI=1S/C21H33FN4O/c1-3-23-20(24-15-17(2)26-11-13-27-14-12-26)25-16-21(9-4-10-21)18-5-7-19(22)8-6-18/h5-8,17H,3-4,9-16H2,1-2H3,(H2,23,24,25). The van der Waals surface area contributed by atoms with E-state index in [1.165, 1.54) is 12.0 Å². The highest BCUT2D eigenvalue weighted by atomic mass is 19.1. The molecule has 1 aromatic carbocycles. The van der Waals surface area contributed by atoms with E-state index in [0.717, 1.165) is 64.7 Å². The third kappa shape index (κ3) is 5.20. The van der Waals surface area contributed by atoms with Crippen LogP contribution in [0.5, 0.6) is 0 Å². The van der Waals surface area contributed by atoms with Crippen LogP contribution < -0.4 is 10.6 Å². The van der Waals surface area contributed by atoms with Crippen LogP contribution in [-0.4, -0.2) is 62.8 Å². The molecule has 1 aliphatic heterocycles. The van der Waals surface area contributed by atoms with Crippen molar-refractivity contribution in [1.82, 2.24) is 15.5 Å². The van der Waals surface area contributed by atoms with E-state index in [2.05, 4.69) is 29.4 Å². The average Bonchev–Trinajstić information content (AvgIpc) is 2.66. The molecule has 0 aromatic heterocycles. The molecule has 1 atom stereocenters. The van der Waals surface area contributed by atoms with Crippen molar-refractivity contribution < 1.29 is 9.13 Å². The lowest BCUT2D eigenvalue weighted by molar-refractivity contribution is 0.0211. The van der Waals surface area contributed by atoms with Gasteiger partial charge in [0.25, 0.3) is 0 Å². The molecule has 150 valence electrons. The summed E-state index contributed by atoms with van der Waals surface area (Å²) in [5.74, 6) is 0.690. The van der Waals surface area contributed by atoms with Gasteiger partial charge in [0.2, 0.25) is 0 Å². The molecule has 1 unspecified atom stereocenters. The first-order valence-corrected chi connectivity index (χ1v) is 10.2. The van der Waals surface area contributed by atoms with Crippen molar-refractivity contribution in [2.45, 2.75) is 44.6 Å². The van der Waals surface area contributed by atoms with Crippen LogP contribution in [0.4, 0.5) is 4.39 Å². The van der Waals surface area contributed by atoms with Crippen LogP contribution in [-0.2, 0) is 10.2 Å². The molecule has 0 spiro atoms. The summed E-state index contributed by atoms with van der Waals surface area (Å²) in [4.78, 5) is 7.33. The Hall–Kier alpha value is -1.66. The van der Waals surface area contributed by atoms with E-state index in [4.69, 9.17) is 9.73 Å². The molecular weight excluding hydrogens is 343 g/mol. The van der Waals surface area contributed by atoms with Gasteiger partial charge in [-0.05, 0) is 44.4 Å². The topological polar surface area (TPSA) is 48.9 Å². The van der Waals surface area contributed by atoms with Crippen molar-refractivity contribution in [3.63, 3.8) is 0 Å². The minimum atomic E-state index is -0.177. The Bertz CT molecular complexity index is 609. The predicted octanol–water partition coefficient (Wildman–Crippen LogP) is 2.52. The van der Waals surface area contributed by atoms with E-state index >= 15 is 0 Å². The van der Waals surface area contributed by atoms with E-state index < -0.39 is 0 Å². The van der Waals surface area contributed by atoms with E-state index in [0.29, 0.717) is 6.04 Å². The number of guanidine groups is 1. The first-order valence-electron chi connectivity index (χ1n) is 10.2. The van der Waals surface area contributed by atoms with Crippen LogP contribution >= 0.6 is 0 Å². The molecular formula is C21H33FN4O. The number of hydrogen-bond donors (Lipinski definition) is 2. The molecule has 2 fully saturated rings. The lowest BCUT2D eigenvalue weighted by Gasteiger charge is -2.41. The van der Waals surface area contributed by atoms with Gasteiger partial charge < -0.3 is 15.4 Å². The number of nitrogens with zero attached hydrogens (tertiary/aromatic N) is 2. The number of aliphatic imine (C=N–C) groups is 1. The second kappa shape index (κ2) is 9.51. The first kappa shape index (κ1) is 20.1. The Labute approximate surface area is 162 Å². The number of nitrogens with one attached hydrogen (secondary N) is 2. The molecule has 0 bridgehead atoms. The van der Waals surface area contributed by atoms with Gasteiger partial charge in [0, 0.05) is 37.6 Å². The Kier molecular flexibility index (Phi) is 7.07. The lowest BCUT2D eigenvalue weighted by Crippen LogP contribution is -2.49. The highest BCUT2D eigenvalue weighted by molar-refractivity contribution is 5.79. The Balaban J connectivity index is 1.59. The molecule has 1 aliphatic carbocycles. The quantitative estimate of drug-likeness (QED) is 0.567. The molecule has 5 nitrogen and oxygen atoms in total. The van der Waals surface area contributed by atoms with Crippen LogP contribution in [0.15, 0.2) is 29.3 Å². The summed E-state index contributed by atoms with van der Waals surface area (Å²) in [5, 5.41) is 6.85. The largest absolute Gasteiger partial charge is 0.379 e. The minimum Gasteiger partial charge on any atom is -0.379 e. The predicted molar refractivity (Wildman–Crippen MR) is 108 cm³/mol. The van der Waals surface area contributed by atoms with Crippen molar-refractivity contribution in [2.24, 2.45) is 4.99 Å². The minimum absolute atomic E-state index is 0.0614. The van der Waals surface area contributed by atoms with E-state index in [1.807, 2.05) is 12.1 Å². The summed E-state index contributed by atoms with van der Waals surface area (Å²) < 4.78 is 18.7. The van der Waals surface area contributed by atoms with Gasteiger partial charge in [0.1, 0.15) is 5.82 Å². The van der Waals surface area contributed by atoms with E-state index in [-0.39, 0.29) is 11.2 Å². The molecule has 0 radical (unpaired) electrons. The summed E-state index contributed by atoms with van der Waals surface area (Å²) in [7, 11) is 0. The molecule has 2 aliphatic rings. The maximum absolute atomic E-state index is 13.3. The molecule has 1 heterocycles. The Morgan fingerprint density at radius 3 is 2.52 bits per heavy atom. The second-order valence-electron chi connectivity index (χ2n) is 7.71. The van der Waals surface area contributed by atoms with Crippen LogP contribution in [0.1, 0.15) is 38.7 Å². The Morgan fingerprint density at radius 1 is 1.22 bits per heavy atom. The van der Waals surface area contributed by atoms with E-state index in [9.17, 15) is 4.39 Å². The fourth-order valence-corrected chi connectivity index (χ4v) is 3.91. The zero-order chi connectivity index (χ0) is 19.1. The summed E-state index contributed by atoms with van der Waals surface area (Å²) in [6.07, 6.45) is 3.45. The van der Waals surface area contributed by atoms with Gasteiger partial charge in [0.05, 0.1) is 19.8 Å². The lowest BCUT2D eigenvalue weighted by atomic mass is 9.64. The summed E-state index contributed by atoms with van der Waals surface area (Å²) in [5.41, 5.74) is 1.27. The van der Waals surface area contributed by atoms with Crippen LogP contribution in [0.2, 0.25) is 0 Å². The summed E-state index contributed by atoms with van der Waals surface area (Å²) >= 11 is 0. The monoisotopic (exact) mass is 376 g/mol. The van der Waals surface area contributed by atoms with Gasteiger partial charge in [-0.2, -0.15) is 0 Å². The van der Waals surface area contributed by atoms with Gasteiger partial charge in [-0.3, -0.25) is 9.89 Å². The van der Waals surface area contributed by atoms with Gasteiger partial charge in [-0.25, -0.2) is 4.39 Å². The number of morpholine rings is 1. The molecule has 1 saturated heterocycles. The molecule has 6 heteroatoms. The fourth-order valence-electron chi connectivity index (χ4n) is 3.91. The number of hydrogen-bond acceptors (Lipinski definition) is 3. The summed E-state index contributed by atoms with van der Waals surface area (Å²) in [6, 6.07) is 7.40. The van der Waals surface area contributed by atoms with Crippen molar-refractivity contribution >= 4 is 5.96 Å². The molecule has 1 saturated carbocycles.